The first-order valence-corrected chi connectivity index (χ1v) is 19.9. The monoisotopic (exact) mass is 777 g/mol. The molecule has 5 heterocycles. The fourth-order valence-electron chi connectivity index (χ4n) is 8.72. The number of piperidine rings is 2. The Labute approximate surface area is 330 Å². The topological polar surface area (TPSA) is 127 Å². The Hall–Kier alpha value is -5.45. The minimum Gasteiger partial charge on any atom is -0.490 e. The van der Waals surface area contributed by atoms with Gasteiger partial charge in [0.1, 0.15) is 17.9 Å². The van der Waals surface area contributed by atoms with Gasteiger partial charge in [-0.05, 0) is 86.7 Å². The van der Waals surface area contributed by atoms with E-state index in [1.807, 2.05) is 23.1 Å². The number of ether oxygens (including phenoxy) is 1. The second kappa shape index (κ2) is 16.0. The first kappa shape index (κ1) is 37.5. The van der Waals surface area contributed by atoms with Crippen molar-refractivity contribution in [3.63, 3.8) is 0 Å². The molecule has 4 fully saturated rings. The molecule has 8 rings (SSSR count). The van der Waals surface area contributed by atoms with Gasteiger partial charge in [0.25, 0.3) is 17.7 Å². The second-order valence-corrected chi connectivity index (χ2v) is 15.6. The Morgan fingerprint density at radius 1 is 0.750 bits per heavy atom. The number of nitrogens with zero attached hydrogens (tertiary/aromatic N) is 6. The van der Waals surface area contributed by atoms with Gasteiger partial charge >= 0.3 is 0 Å². The van der Waals surface area contributed by atoms with Gasteiger partial charge in [-0.15, -0.1) is 0 Å². The number of piperazine rings is 1. The summed E-state index contributed by atoms with van der Waals surface area (Å²) in [6.45, 7) is 13.7. The summed E-state index contributed by atoms with van der Waals surface area (Å²) in [6.07, 6.45) is 4.69. The number of halogens is 1. The quantitative estimate of drug-likeness (QED) is 0.256. The van der Waals surface area contributed by atoms with Crippen LogP contribution in [0.25, 0.3) is 4.85 Å². The van der Waals surface area contributed by atoms with Crippen molar-refractivity contribution in [3.8, 4) is 5.75 Å². The van der Waals surface area contributed by atoms with E-state index in [1.54, 1.807) is 30.3 Å². The molecular formula is C42H44ClN7O6. The third kappa shape index (κ3) is 7.55. The zero-order valence-corrected chi connectivity index (χ0v) is 31.9. The molecule has 3 aromatic carbocycles. The van der Waals surface area contributed by atoms with Gasteiger partial charge in [-0.1, -0.05) is 17.7 Å². The Morgan fingerprint density at radius 2 is 1.46 bits per heavy atom. The lowest BCUT2D eigenvalue weighted by Crippen LogP contribution is -2.54. The number of benzene rings is 3. The van der Waals surface area contributed by atoms with Gasteiger partial charge in [0.15, 0.2) is 0 Å². The fourth-order valence-corrected chi connectivity index (χ4v) is 8.93. The van der Waals surface area contributed by atoms with Crippen molar-refractivity contribution in [2.75, 3.05) is 62.2 Å². The van der Waals surface area contributed by atoms with Gasteiger partial charge in [-0.3, -0.25) is 39.1 Å². The number of anilines is 2. The standard InChI is InChI=1S/C42H44ClN7O6/c1-44-36-11-9-32(26-35(36)43)56-31-3-2-17-49(20-16-31)40(53)27-4-6-28(7-5-27)46-18-14-29(15-19-46)47-21-23-48(24-22-47)30-8-10-33-34(25-30)42(55)50(41(33)54)37-12-13-38(51)45-39(37)52/h4-11,25-26,29,31,37H,2-3,12-24H2,(H,45,51,52). The summed E-state index contributed by atoms with van der Waals surface area (Å²) >= 11 is 6.19. The molecule has 290 valence electrons. The summed E-state index contributed by atoms with van der Waals surface area (Å²) in [5.41, 5.74) is 3.69. The lowest BCUT2D eigenvalue weighted by atomic mass is 10.0. The lowest BCUT2D eigenvalue weighted by molar-refractivity contribution is -0.136. The van der Waals surface area contributed by atoms with E-state index in [2.05, 4.69) is 37.0 Å². The molecule has 5 amide bonds. The largest absolute Gasteiger partial charge is 0.490 e. The Balaban J connectivity index is 0.796. The molecule has 2 unspecified atom stereocenters. The van der Waals surface area contributed by atoms with Crippen molar-refractivity contribution >= 4 is 58.2 Å². The van der Waals surface area contributed by atoms with Crippen LogP contribution < -0.4 is 19.9 Å². The third-order valence-corrected chi connectivity index (χ3v) is 12.2. The molecule has 2 atom stereocenters. The maximum Gasteiger partial charge on any atom is 0.262 e. The lowest BCUT2D eigenvalue weighted by Gasteiger charge is -2.44. The summed E-state index contributed by atoms with van der Waals surface area (Å²) < 4.78 is 6.17. The normalized spacial score (nSPS) is 22.4. The molecule has 1 N–H and O–H groups in total. The molecule has 5 aliphatic rings. The number of carbonyl (C=O) groups is 5. The predicted molar refractivity (Wildman–Crippen MR) is 210 cm³/mol. The zero-order valence-electron chi connectivity index (χ0n) is 31.1. The van der Waals surface area contributed by atoms with E-state index in [0.717, 1.165) is 87.6 Å². The molecule has 13 nitrogen and oxygen atoms in total. The molecule has 0 radical (unpaired) electrons. The zero-order chi connectivity index (χ0) is 38.9. The van der Waals surface area contributed by atoms with Crippen molar-refractivity contribution in [2.45, 2.75) is 63.1 Å². The van der Waals surface area contributed by atoms with Crippen LogP contribution in [0.2, 0.25) is 5.02 Å². The van der Waals surface area contributed by atoms with Crippen molar-refractivity contribution in [2.24, 2.45) is 0 Å². The van der Waals surface area contributed by atoms with Gasteiger partial charge in [0.2, 0.25) is 17.5 Å². The molecule has 4 saturated heterocycles. The van der Waals surface area contributed by atoms with Crippen LogP contribution in [-0.2, 0) is 9.59 Å². The van der Waals surface area contributed by atoms with E-state index in [-0.39, 0.29) is 24.9 Å². The van der Waals surface area contributed by atoms with Crippen molar-refractivity contribution in [3.05, 3.63) is 93.8 Å². The van der Waals surface area contributed by atoms with E-state index in [4.69, 9.17) is 22.9 Å². The van der Waals surface area contributed by atoms with Crippen LogP contribution in [0.4, 0.5) is 17.1 Å². The maximum atomic E-state index is 13.5. The van der Waals surface area contributed by atoms with Gasteiger partial charge in [-0.25, -0.2) is 4.85 Å². The van der Waals surface area contributed by atoms with Crippen molar-refractivity contribution in [1.29, 1.82) is 0 Å². The molecule has 0 spiro atoms. The molecule has 14 heteroatoms. The molecule has 0 aliphatic carbocycles. The number of carbonyl (C=O) groups excluding carboxylic acids is 5. The number of hydrogen-bond acceptors (Lipinski definition) is 9. The highest BCUT2D eigenvalue weighted by atomic mass is 35.5. The minimum atomic E-state index is -0.975. The van der Waals surface area contributed by atoms with Crippen LogP contribution in [0.3, 0.4) is 0 Å². The van der Waals surface area contributed by atoms with Crippen molar-refractivity contribution in [1.82, 2.24) is 20.0 Å². The summed E-state index contributed by atoms with van der Waals surface area (Å²) in [5.74, 6) is -1.30. The van der Waals surface area contributed by atoms with Gasteiger partial charge in [0, 0.05) is 88.2 Å². The molecule has 5 aliphatic heterocycles. The molecule has 0 aromatic heterocycles. The minimum absolute atomic E-state index is 0.0248. The first-order valence-electron chi connectivity index (χ1n) is 19.5. The van der Waals surface area contributed by atoms with Gasteiger partial charge in [-0.2, -0.15) is 0 Å². The first-order chi connectivity index (χ1) is 27.2. The predicted octanol–water partition coefficient (Wildman–Crippen LogP) is 5.16. The highest BCUT2D eigenvalue weighted by Gasteiger charge is 2.45. The van der Waals surface area contributed by atoms with Gasteiger partial charge < -0.3 is 19.4 Å². The van der Waals surface area contributed by atoms with Crippen LogP contribution >= 0.6 is 11.6 Å². The maximum absolute atomic E-state index is 13.5. The highest BCUT2D eigenvalue weighted by Crippen LogP contribution is 2.33. The van der Waals surface area contributed by atoms with Crippen LogP contribution in [0.15, 0.2) is 60.7 Å². The average Bonchev–Trinajstić information content (AvgIpc) is 3.33. The Kier molecular flexibility index (Phi) is 10.7. The molecule has 3 aromatic rings. The summed E-state index contributed by atoms with van der Waals surface area (Å²) in [7, 11) is 0. The van der Waals surface area contributed by atoms with E-state index >= 15 is 0 Å². The van der Waals surface area contributed by atoms with Crippen LogP contribution in [-0.4, -0.2) is 115 Å². The number of likely N-dealkylation sites (tertiary alicyclic amines) is 1. The highest BCUT2D eigenvalue weighted by molar-refractivity contribution is 6.33. The fraction of sp³-hybridized carbons (Fsp3) is 0.429. The second-order valence-electron chi connectivity index (χ2n) is 15.2. The summed E-state index contributed by atoms with van der Waals surface area (Å²) in [5, 5.41) is 2.62. The number of rotatable bonds is 7. The molecule has 0 bridgehead atoms. The number of imide groups is 2. The molecular weight excluding hydrogens is 734 g/mol. The SMILES string of the molecule is [C-]#[N+]c1ccc(OC2CCCN(C(=O)c3ccc(N4CCC(N5CCN(c6ccc7c(c6)C(=O)N(C6CCC(=O)NC6=O)C7=O)CC5)CC4)cc3)CC2)cc1Cl. The summed E-state index contributed by atoms with van der Waals surface area (Å²) in [6, 6.07) is 18.0. The number of nitrogens with one attached hydrogen (secondary N) is 1. The number of hydrogen-bond donors (Lipinski definition) is 1. The smallest absolute Gasteiger partial charge is 0.262 e. The summed E-state index contributed by atoms with van der Waals surface area (Å²) in [4.78, 5) is 77.5. The van der Waals surface area contributed by atoms with E-state index in [9.17, 15) is 24.0 Å². The van der Waals surface area contributed by atoms with Gasteiger partial charge in [0.05, 0.1) is 22.7 Å². The number of fused-ring (bicyclic) bond motifs is 1. The molecule has 0 saturated carbocycles. The Bertz CT molecular complexity index is 2090. The average molecular weight is 778 g/mol. The van der Waals surface area contributed by atoms with E-state index in [1.165, 1.54) is 0 Å². The number of amides is 5. The third-order valence-electron chi connectivity index (χ3n) is 11.9. The Morgan fingerprint density at radius 3 is 2.18 bits per heavy atom. The van der Waals surface area contributed by atoms with E-state index in [0.29, 0.717) is 52.3 Å². The van der Waals surface area contributed by atoms with E-state index < -0.39 is 29.7 Å². The van der Waals surface area contributed by atoms with Crippen LogP contribution in [0.5, 0.6) is 5.75 Å². The van der Waals surface area contributed by atoms with Crippen LogP contribution in [0, 0.1) is 6.57 Å². The van der Waals surface area contributed by atoms with Crippen molar-refractivity contribution < 1.29 is 28.7 Å². The molecule has 56 heavy (non-hydrogen) atoms. The van der Waals surface area contributed by atoms with Crippen LogP contribution in [0.1, 0.15) is 76.0 Å².